The van der Waals surface area contributed by atoms with Crippen LogP contribution >= 0.6 is 0 Å². The molecule has 2 aromatic rings. The van der Waals surface area contributed by atoms with Crippen LogP contribution in [0.1, 0.15) is 25.8 Å². The smallest absolute Gasteiger partial charge is 0.202 e. The minimum Gasteiger partial charge on any atom is -0.326 e. The second-order valence-corrected chi connectivity index (χ2v) is 6.37. The summed E-state index contributed by atoms with van der Waals surface area (Å²) >= 11 is 0. The van der Waals surface area contributed by atoms with Crippen LogP contribution in [0.15, 0.2) is 77.4 Å². The Kier molecular flexibility index (Phi) is 6.04. The maximum Gasteiger partial charge on any atom is 0.202 e. The van der Waals surface area contributed by atoms with E-state index in [2.05, 4.69) is 54.1 Å². The molecule has 0 bridgehead atoms. The van der Waals surface area contributed by atoms with Gasteiger partial charge in [-0.1, -0.05) is 50.3 Å². The van der Waals surface area contributed by atoms with E-state index in [1.165, 1.54) is 12.1 Å². The van der Waals surface area contributed by atoms with Gasteiger partial charge in [-0.2, -0.15) is 0 Å². The van der Waals surface area contributed by atoms with Crippen molar-refractivity contribution in [3.8, 4) is 0 Å². The lowest BCUT2D eigenvalue weighted by atomic mass is 10.0. The highest BCUT2D eigenvalue weighted by molar-refractivity contribution is 5.96. The van der Waals surface area contributed by atoms with Gasteiger partial charge in [0.1, 0.15) is 11.5 Å². The van der Waals surface area contributed by atoms with Gasteiger partial charge in [0.05, 0.1) is 0 Å². The lowest BCUT2D eigenvalue weighted by Gasteiger charge is -2.32. The van der Waals surface area contributed by atoms with Crippen molar-refractivity contribution in [1.29, 1.82) is 0 Å². The number of rotatable bonds is 6. The molecule has 1 aliphatic heterocycles. The normalized spacial score (nSPS) is 19.4. The van der Waals surface area contributed by atoms with Crippen molar-refractivity contribution in [3.63, 3.8) is 0 Å². The molecule has 1 aliphatic rings. The Morgan fingerprint density at radius 3 is 2.44 bits per heavy atom. The number of allylic oxidation sites excluding steroid dienone is 1. The Morgan fingerprint density at radius 1 is 1.04 bits per heavy atom. The molecule has 3 N–H and O–H groups in total. The third-order valence-electron chi connectivity index (χ3n) is 4.35. The van der Waals surface area contributed by atoms with E-state index in [4.69, 9.17) is 4.99 Å². The number of nitrogens with zero attached hydrogens (tertiary/aromatic N) is 1. The third kappa shape index (κ3) is 5.05. The van der Waals surface area contributed by atoms with Crippen LogP contribution in [0.2, 0.25) is 0 Å². The molecule has 1 atom stereocenters. The zero-order valence-electron chi connectivity index (χ0n) is 15.7. The Labute approximate surface area is 159 Å². The number of aliphatic imine (C=N–C) groups is 1. The van der Waals surface area contributed by atoms with Crippen molar-refractivity contribution in [2.75, 3.05) is 11.9 Å². The number of likely N-dealkylation sites (N-methyl/N-ethyl adjacent to an activating group) is 1. The Morgan fingerprint density at radius 2 is 1.78 bits per heavy atom. The first kappa shape index (κ1) is 18.9. The molecule has 140 valence electrons. The SMILES string of the molecule is CCNC1(CC)C=C(C=Cc2ccccc2)NC(Nc2ccc(F)cc2)=N1. The van der Waals surface area contributed by atoms with Crippen molar-refractivity contribution in [3.05, 3.63) is 83.8 Å². The van der Waals surface area contributed by atoms with Crippen LogP contribution in [-0.2, 0) is 0 Å². The van der Waals surface area contributed by atoms with Crippen LogP contribution in [0.3, 0.4) is 0 Å². The molecule has 0 aromatic heterocycles. The third-order valence-corrected chi connectivity index (χ3v) is 4.35. The number of hydrogen-bond donors (Lipinski definition) is 3. The van der Waals surface area contributed by atoms with Gasteiger partial charge in [-0.3, -0.25) is 5.32 Å². The summed E-state index contributed by atoms with van der Waals surface area (Å²) in [5.41, 5.74) is 2.36. The summed E-state index contributed by atoms with van der Waals surface area (Å²) < 4.78 is 13.2. The second-order valence-electron chi connectivity index (χ2n) is 6.37. The summed E-state index contributed by atoms with van der Waals surface area (Å²) in [6.45, 7) is 4.96. The lowest BCUT2D eigenvalue weighted by molar-refractivity contribution is 0.408. The molecule has 5 heteroatoms. The monoisotopic (exact) mass is 364 g/mol. The summed E-state index contributed by atoms with van der Waals surface area (Å²) in [6, 6.07) is 16.4. The fraction of sp³-hybridized carbons (Fsp3) is 0.227. The van der Waals surface area contributed by atoms with Crippen LogP contribution in [0.5, 0.6) is 0 Å². The molecule has 0 amide bonds. The van der Waals surface area contributed by atoms with Crippen molar-refractivity contribution < 1.29 is 4.39 Å². The molecular formula is C22H25FN4. The van der Waals surface area contributed by atoms with E-state index in [0.717, 1.165) is 29.9 Å². The van der Waals surface area contributed by atoms with Gasteiger partial charge >= 0.3 is 0 Å². The van der Waals surface area contributed by atoms with Gasteiger partial charge in [-0.05, 0) is 54.9 Å². The van der Waals surface area contributed by atoms with Gasteiger partial charge in [-0.15, -0.1) is 0 Å². The summed E-state index contributed by atoms with van der Waals surface area (Å²) in [5, 5.41) is 10.0. The van der Waals surface area contributed by atoms with Gasteiger partial charge in [-0.25, -0.2) is 9.38 Å². The van der Waals surface area contributed by atoms with E-state index in [9.17, 15) is 4.39 Å². The minimum absolute atomic E-state index is 0.263. The number of nitrogens with one attached hydrogen (secondary N) is 3. The van der Waals surface area contributed by atoms with Crippen molar-refractivity contribution in [1.82, 2.24) is 10.6 Å². The first-order chi connectivity index (χ1) is 13.1. The lowest BCUT2D eigenvalue weighted by Crippen LogP contribution is -2.48. The molecule has 1 unspecified atom stereocenters. The first-order valence-corrected chi connectivity index (χ1v) is 9.23. The first-order valence-electron chi connectivity index (χ1n) is 9.23. The molecule has 2 aromatic carbocycles. The van der Waals surface area contributed by atoms with Crippen LogP contribution in [0.25, 0.3) is 6.08 Å². The maximum absolute atomic E-state index is 13.2. The summed E-state index contributed by atoms with van der Waals surface area (Å²) in [4.78, 5) is 4.82. The van der Waals surface area contributed by atoms with E-state index < -0.39 is 5.66 Å². The molecule has 0 spiro atoms. The van der Waals surface area contributed by atoms with Gasteiger partial charge in [0, 0.05) is 11.4 Å². The van der Waals surface area contributed by atoms with Crippen LogP contribution in [-0.4, -0.2) is 18.2 Å². The average Bonchev–Trinajstić information content (AvgIpc) is 2.69. The number of hydrogen-bond acceptors (Lipinski definition) is 4. The van der Waals surface area contributed by atoms with Gasteiger partial charge in [0.25, 0.3) is 0 Å². The molecule has 0 radical (unpaired) electrons. The Bertz CT molecular complexity index is 840. The largest absolute Gasteiger partial charge is 0.326 e. The number of anilines is 1. The highest BCUT2D eigenvalue weighted by atomic mass is 19.1. The average molecular weight is 364 g/mol. The van der Waals surface area contributed by atoms with Gasteiger partial charge in [0.15, 0.2) is 0 Å². The Hall–Kier alpha value is -2.92. The van der Waals surface area contributed by atoms with Crippen molar-refractivity contribution in [2.24, 2.45) is 4.99 Å². The standard InChI is InChI=1S/C22H25FN4/c1-3-22(24-4-2)16-20(13-10-17-8-6-5-7-9-17)26-21(27-22)25-19-14-11-18(23)12-15-19/h5-16,24H,3-4H2,1-2H3,(H2,25,26,27). The molecule has 1 heterocycles. The summed E-state index contributed by atoms with van der Waals surface area (Å²) in [6.07, 6.45) is 7.01. The molecule has 3 rings (SSSR count). The van der Waals surface area contributed by atoms with Crippen LogP contribution in [0.4, 0.5) is 10.1 Å². The zero-order valence-corrected chi connectivity index (χ0v) is 15.7. The highest BCUT2D eigenvalue weighted by Gasteiger charge is 2.28. The number of benzene rings is 2. The molecule has 4 nitrogen and oxygen atoms in total. The molecule has 27 heavy (non-hydrogen) atoms. The van der Waals surface area contributed by atoms with Gasteiger partial charge in [0.2, 0.25) is 5.96 Å². The van der Waals surface area contributed by atoms with Gasteiger partial charge < -0.3 is 10.6 Å². The second kappa shape index (κ2) is 8.64. The van der Waals surface area contributed by atoms with E-state index in [0.29, 0.717) is 5.96 Å². The van der Waals surface area contributed by atoms with E-state index in [-0.39, 0.29) is 5.82 Å². The molecule has 0 saturated carbocycles. The van der Waals surface area contributed by atoms with Crippen molar-refractivity contribution >= 4 is 17.7 Å². The minimum atomic E-state index is -0.487. The predicted molar refractivity (Wildman–Crippen MR) is 111 cm³/mol. The van der Waals surface area contributed by atoms with Crippen molar-refractivity contribution in [2.45, 2.75) is 25.9 Å². The molecule has 0 saturated heterocycles. The zero-order chi connectivity index (χ0) is 19.1. The molecule has 0 aliphatic carbocycles. The molecule has 0 fully saturated rings. The number of guanidine groups is 1. The highest BCUT2D eigenvalue weighted by Crippen LogP contribution is 2.21. The molecular weight excluding hydrogens is 339 g/mol. The Balaban J connectivity index is 1.85. The van der Waals surface area contributed by atoms with E-state index >= 15 is 0 Å². The predicted octanol–water partition coefficient (Wildman–Crippen LogP) is 4.51. The van der Waals surface area contributed by atoms with Crippen LogP contribution in [0, 0.1) is 5.82 Å². The van der Waals surface area contributed by atoms with Crippen LogP contribution < -0.4 is 16.0 Å². The van der Waals surface area contributed by atoms with E-state index in [1.807, 2.05) is 24.3 Å². The fourth-order valence-electron chi connectivity index (χ4n) is 2.96. The van der Waals surface area contributed by atoms with E-state index in [1.54, 1.807) is 12.1 Å². The fourth-order valence-corrected chi connectivity index (χ4v) is 2.96. The maximum atomic E-state index is 13.2. The quantitative estimate of drug-likeness (QED) is 0.707. The topological polar surface area (TPSA) is 48.4 Å². The number of halogens is 1. The summed E-state index contributed by atoms with van der Waals surface area (Å²) in [5.74, 6) is 0.362. The summed E-state index contributed by atoms with van der Waals surface area (Å²) in [7, 11) is 0.